The molecule has 3 aromatic rings. The highest BCUT2D eigenvalue weighted by atomic mass is 19.4. The van der Waals surface area contributed by atoms with Crippen LogP contribution in [-0.4, -0.2) is 26.4 Å². The molecule has 1 aromatic carbocycles. The van der Waals surface area contributed by atoms with Crippen LogP contribution in [0.4, 0.5) is 26.3 Å². The molecule has 0 radical (unpaired) electrons. The van der Waals surface area contributed by atoms with E-state index in [0.717, 1.165) is 6.07 Å². The van der Waals surface area contributed by atoms with Gasteiger partial charge in [0.25, 0.3) is 5.79 Å². The van der Waals surface area contributed by atoms with E-state index < -0.39 is 34.7 Å². The third-order valence-corrected chi connectivity index (χ3v) is 4.58. The highest BCUT2D eigenvalue weighted by molar-refractivity contribution is 6.06. The fourth-order valence-corrected chi connectivity index (χ4v) is 3.25. The minimum Gasteiger partial charge on any atom is -0.355 e. The average molecular weight is 404 g/mol. The predicted octanol–water partition coefficient (Wildman–Crippen LogP) is 4.37. The van der Waals surface area contributed by atoms with Gasteiger partial charge in [0.1, 0.15) is 0 Å². The lowest BCUT2D eigenvalue weighted by Crippen LogP contribution is -2.42. The summed E-state index contributed by atoms with van der Waals surface area (Å²) in [6, 6.07) is 2.84. The van der Waals surface area contributed by atoms with Crippen molar-refractivity contribution in [2.75, 3.05) is 0 Å². The Labute approximate surface area is 154 Å². The van der Waals surface area contributed by atoms with E-state index in [1.807, 2.05) is 0 Å². The molecular weight excluding hydrogens is 390 g/mol. The molecule has 0 saturated carbocycles. The first-order valence-corrected chi connectivity index (χ1v) is 8.10. The minimum absolute atomic E-state index is 0.120. The Kier molecular flexibility index (Phi) is 4.55. The van der Waals surface area contributed by atoms with Gasteiger partial charge >= 0.3 is 12.4 Å². The van der Waals surface area contributed by atoms with Crippen molar-refractivity contribution in [3.8, 4) is 0 Å². The second-order valence-corrected chi connectivity index (χ2v) is 6.30. The zero-order valence-electron chi connectivity index (χ0n) is 14.6. The zero-order chi connectivity index (χ0) is 21.1. The van der Waals surface area contributed by atoms with Gasteiger partial charge in [-0.15, -0.1) is 0 Å². The number of hydrogen-bond acceptors (Lipinski definition) is 4. The van der Waals surface area contributed by atoms with E-state index in [1.54, 1.807) is 6.92 Å². The normalized spacial score (nSPS) is 13.5. The van der Waals surface area contributed by atoms with E-state index in [1.165, 1.54) is 19.2 Å². The Hall–Kier alpha value is -2.46. The molecule has 2 N–H and O–H groups in total. The van der Waals surface area contributed by atoms with Gasteiger partial charge in [-0.2, -0.15) is 26.3 Å². The second kappa shape index (κ2) is 6.28. The van der Waals surface area contributed by atoms with Crippen molar-refractivity contribution < 1.29 is 36.6 Å². The number of fused-ring (bicyclic) bond motifs is 3. The number of alkyl halides is 6. The topological polar surface area (TPSA) is 66.2 Å². The molecule has 10 heteroatoms. The first-order valence-electron chi connectivity index (χ1n) is 8.10. The molecule has 2 aromatic heterocycles. The molecule has 0 aliphatic heterocycles. The lowest BCUT2D eigenvalue weighted by atomic mass is 9.92. The average Bonchev–Trinajstić information content (AvgIpc) is 2.58. The Morgan fingerprint density at radius 3 is 2.18 bits per heavy atom. The molecule has 0 aliphatic carbocycles. The molecule has 0 amide bonds. The van der Waals surface area contributed by atoms with Crippen LogP contribution in [-0.2, 0) is 18.4 Å². The smallest absolute Gasteiger partial charge is 0.355 e. The number of hydrogen-bond donors (Lipinski definition) is 2. The molecule has 2 heterocycles. The molecule has 0 unspecified atom stereocenters. The van der Waals surface area contributed by atoms with Crippen LogP contribution in [0, 0.1) is 6.92 Å². The van der Waals surface area contributed by atoms with Gasteiger partial charge in [0.2, 0.25) is 0 Å². The highest BCUT2D eigenvalue weighted by Gasteiger charge is 2.55. The summed E-state index contributed by atoms with van der Waals surface area (Å²) in [7, 11) is 0. The highest BCUT2D eigenvalue weighted by Crippen LogP contribution is 2.44. The van der Waals surface area contributed by atoms with Gasteiger partial charge in [-0.05, 0) is 31.0 Å². The second-order valence-electron chi connectivity index (χ2n) is 6.30. The van der Waals surface area contributed by atoms with Gasteiger partial charge in [-0.3, -0.25) is 9.97 Å². The van der Waals surface area contributed by atoms with Crippen LogP contribution in [0.3, 0.4) is 0 Å². The first-order chi connectivity index (χ1) is 12.8. The molecule has 0 saturated heterocycles. The summed E-state index contributed by atoms with van der Waals surface area (Å²) in [5.41, 5.74) is -2.99. The molecule has 0 aliphatic rings. The van der Waals surface area contributed by atoms with E-state index in [-0.39, 0.29) is 34.1 Å². The Morgan fingerprint density at radius 2 is 1.64 bits per heavy atom. The van der Waals surface area contributed by atoms with E-state index in [4.69, 9.17) is 0 Å². The predicted molar refractivity (Wildman–Crippen MR) is 88.3 cm³/mol. The van der Waals surface area contributed by atoms with E-state index in [9.17, 15) is 36.6 Å². The molecule has 3 rings (SSSR count). The SMILES string of the molecule is CCc1nc2c(cc(C(O)(O)C(F)(F)F)c3cccnc32)c(C(F)(F)F)c1C. The van der Waals surface area contributed by atoms with E-state index in [0.29, 0.717) is 6.07 Å². The largest absolute Gasteiger partial charge is 0.447 e. The van der Waals surface area contributed by atoms with Gasteiger partial charge in [0, 0.05) is 28.2 Å². The maximum Gasteiger partial charge on any atom is 0.447 e. The summed E-state index contributed by atoms with van der Waals surface area (Å²) in [4.78, 5) is 8.05. The van der Waals surface area contributed by atoms with Gasteiger partial charge < -0.3 is 10.2 Å². The number of aryl methyl sites for hydroxylation is 1. The Balaban J connectivity index is 2.62. The van der Waals surface area contributed by atoms with Crippen molar-refractivity contribution in [1.82, 2.24) is 9.97 Å². The number of benzene rings is 1. The first kappa shape index (κ1) is 20.3. The summed E-state index contributed by atoms with van der Waals surface area (Å²) in [5.74, 6) is -4.37. The van der Waals surface area contributed by atoms with Crippen molar-refractivity contribution in [2.24, 2.45) is 0 Å². The van der Waals surface area contributed by atoms with Gasteiger partial charge in [0.05, 0.1) is 16.6 Å². The maximum absolute atomic E-state index is 13.8. The van der Waals surface area contributed by atoms with Crippen LogP contribution >= 0.6 is 0 Å². The van der Waals surface area contributed by atoms with Crippen LogP contribution in [0.1, 0.15) is 29.3 Å². The van der Waals surface area contributed by atoms with Crippen molar-refractivity contribution >= 4 is 21.8 Å². The van der Waals surface area contributed by atoms with Gasteiger partial charge in [0.15, 0.2) is 0 Å². The Bertz CT molecular complexity index is 1070. The summed E-state index contributed by atoms with van der Waals surface area (Å²) in [6.07, 6.45) is -9.11. The number of rotatable bonds is 2. The van der Waals surface area contributed by atoms with Crippen LogP contribution in [0.15, 0.2) is 24.4 Å². The van der Waals surface area contributed by atoms with Crippen molar-refractivity contribution in [3.05, 3.63) is 46.8 Å². The van der Waals surface area contributed by atoms with Gasteiger partial charge in [-0.1, -0.05) is 13.0 Å². The summed E-state index contributed by atoms with van der Waals surface area (Å²) < 4.78 is 80.9. The number of halogens is 6. The van der Waals surface area contributed by atoms with Crippen LogP contribution in [0.25, 0.3) is 21.8 Å². The lowest BCUT2D eigenvalue weighted by molar-refractivity contribution is -0.357. The molecular formula is C18H14F6N2O2. The molecule has 0 fully saturated rings. The standard InChI is InChI=1S/C18H14F6N2O2/c1-3-12-8(2)13(17(19,20)21)10-7-11(16(27,28)18(22,23)24)9-5-4-6-25-14(9)15(10)26-12/h4-7,27-28H,3H2,1-2H3. The third-order valence-electron chi connectivity index (χ3n) is 4.58. The number of aromatic nitrogens is 2. The van der Waals surface area contributed by atoms with Crippen molar-refractivity contribution in [2.45, 2.75) is 38.4 Å². The maximum atomic E-state index is 13.8. The van der Waals surface area contributed by atoms with Crippen molar-refractivity contribution in [3.63, 3.8) is 0 Å². The number of aliphatic hydroxyl groups is 2. The van der Waals surface area contributed by atoms with E-state index in [2.05, 4.69) is 9.97 Å². The fourth-order valence-electron chi connectivity index (χ4n) is 3.25. The van der Waals surface area contributed by atoms with E-state index >= 15 is 0 Å². The quantitative estimate of drug-likeness (QED) is 0.378. The molecule has 4 nitrogen and oxygen atoms in total. The zero-order valence-corrected chi connectivity index (χ0v) is 14.6. The summed E-state index contributed by atoms with van der Waals surface area (Å²) in [5, 5.41) is 18.5. The fraction of sp³-hybridized carbons (Fsp3) is 0.333. The lowest BCUT2D eigenvalue weighted by Gasteiger charge is -2.27. The van der Waals surface area contributed by atoms with Gasteiger partial charge in [-0.25, -0.2) is 0 Å². The third kappa shape index (κ3) is 2.96. The monoisotopic (exact) mass is 404 g/mol. The summed E-state index contributed by atoms with van der Waals surface area (Å²) in [6.45, 7) is 2.77. The molecule has 28 heavy (non-hydrogen) atoms. The van der Waals surface area contributed by atoms with Crippen molar-refractivity contribution in [1.29, 1.82) is 0 Å². The molecule has 150 valence electrons. The molecule has 0 spiro atoms. The Morgan fingerprint density at radius 1 is 1.00 bits per heavy atom. The van der Waals surface area contributed by atoms with Crippen LogP contribution in [0.5, 0.6) is 0 Å². The van der Waals surface area contributed by atoms with Crippen LogP contribution in [0.2, 0.25) is 0 Å². The summed E-state index contributed by atoms with van der Waals surface area (Å²) >= 11 is 0. The molecule has 0 bridgehead atoms. The van der Waals surface area contributed by atoms with Crippen LogP contribution < -0.4 is 0 Å². The number of pyridine rings is 2. The number of nitrogens with zero attached hydrogens (tertiary/aromatic N) is 2. The minimum atomic E-state index is -5.55. The molecule has 0 atom stereocenters.